The topological polar surface area (TPSA) is 71.5 Å². The number of aromatic nitrogens is 1. The van der Waals surface area contributed by atoms with Gasteiger partial charge in [-0.3, -0.25) is 9.59 Å². The Hall–Kier alpha value is -2.25. The number of aryl methyl sites for hydroxylation is 2. The standard InChI is InChI=1S/C18H19N3O3S/c22-17(16-5-6-19-25-16)20-15-10-21(7-8-24-11-15)18(23)14-4-2-12-1-3-13(12)9-14/h2,4-6,9,15H,1,3,7-8,10-11H2,(H,20,22). The fourth-order valence-electron chi connectivity index (χ4n) is 3.18. The number of ether oxygens (including phenoxy) is 1. The van der Waals surface area contributed by atoms with Gasteiger partial charge in [0.25, 0.3) is 11.8 Å². The molecule has 1 aromatic heterocycles. The zero-order valence-electron chi connectivity index (χ0n) is 13.7. The number of carbonyl (C=O) groups is 2. The zero-order valence-corrected chi connectivity index (χ0v) is 14.6. The molecule has 1 aliphatic heterocycles. The molecule has 0 radical (unpaired) electrons. The molecular formula is C18H19N3O3S. The van der Waals surface area contributed by atoms with E-state index in [4.69, 9.17) is 4.74 Å². The second-order valence-corrected chi connectivity index (χ2v) is 7.19. The molecule has 25 heavy (non-hydrogen) atoms. The van der Waals surface area contributed by atoms with Gasteiger partial charge in [-0.1, -0.05) is 6.07 Å². The van der Waals surface area contributed by atoms with E-state index in [-0.39, 0.29) is 17.9 Å². The Bertz CT molecular complexity index is 791. The van der Waals surface area contributed by atoms with Crippen LogP contribution in [-0.2, 0) is 17.6 Å². The van der Waals surface area contributed by atoms with Gasteiger partial charge >= 0.3 is 0 Å². The number of nitrogens with one attached hydrogen (secondary N) is 1. The Kier molecular flexibility index (Phi) is 4.50. The summed E-state index contributed by atoms with van der Waals surface area (Å²) in [5.74, 6) is -0.177. The highest BCUT2D eigenvalue weighted by Gasteiger charge is 2.26. The number of carbonyl (C=O) groups excluding carboxylic acids is 2. The van der Waals surface area contributed by atoms with E-state index < -0.39 is 0 Å². The van der Waals surface area contributed by atoms with E-state index in [1.54, 1.807) is 17.2 Å². The normalized spacial score (nSPS) is 19.5. The van der Waals surface area contributed by atoms with Crippen LogP contribution in [0.25, 0.3) is 0 Å². The van der Waals surface area contributed by atoms with Crippen molar-refractivity contribution in [3.05, 3.63) is 52.0 Å². The SMILES string of the molecule is O=C(NC1COCCN(C(=O)c2ccc3c(c2)CC3)C1)c1ccns1. The largest absolute Gasteiger partial charge is 0.377 e. The maximum Gasteiger partial charge on any atom is 0.263 e. The molecule has 0 bridgehead atoms. The summed E-state index contributed by atoms with van der Waals surface area (Å²) in [6.45, 7) is 1.85. The molecule has 2 heterocycles. The first-order chi connectivity index (χ1) is 12.2. The van der Waals surface area contributed by atoms with Crippen LogP contribution in [-0.4, -0.2) is 53.4 Å². The maximum atomic E-state index is 12.8. The van der Waals surface area contributed by atoms with Crippen molar-refractivity contribution in [1.29, 1.82) is 0 Å². The molecule has 1 aromatic carbocycles. The van der Waals surface area contributed by atoms with Crippen LogP contribution in [0.4, 0.5) is 0 Å². The summed E-state index contributed by atoms with van der Waals surface area (Å²) in [6.07, 6.45) is 3.75. The van der Waals surface area contributed by atoms with E-state index in [0.29, 0.717) is 36.7 Å². The predicted octanol–water partition coefficient (Wildman–Crippen LogP) is 1.51. The molecule has 2 amide bonds. The molecule has 0 saturated carbocycles. The first-order valence-electron chi connectivity index (χ1n) is 8.41. The highest BCUT2D eigenvalue weighted by Crippen LogP contribution is 2.24. The van der Waals surface area contributed by atoms with Gasteiger partial charge in [-0.05, 0) is 53.7 Å². The third-order valence-corrected chi connectivity index (χ3v) is 5.41. The summed E-state index contributed by atoms with van der Waals surface area (Å²) in [5.41, 5.74) is 3.32. The van der Waals surface area contributed by atoms with Gasteiger partial charge in [0.05, 0.1) is 19.3 Å². The van der Waals surface area contributed by atoms with Crippen LogP contribution in [0.5, 0.6) is 0 Å². The van der Waals surface area contributed by atoms with Gasteiger partial charge in [-0.2, -0.15) is 0 Å². The predicted molar refractivity (Wildman–Crippen MR) is 93.9 cm³/mol. The molecule has 1 aliphatic carbocycles. The van der Waals surface area contributed by atoms with E-state index in [1.165, 1.54) is 11.1 Å². The van der Waals surface area contributed by atoms with E-state index in [9.17, 15) is 9.59 Å². The smallest absolute Gasteiger partial charge is 0.263 e. The molecule has 1 atom stereocenters. The van der Waals surface area contributed by atoms with Crippen LogP contribution in [0.2, 0.25) is 0 Å². The molecule has 2 aliphatic rings. The lowest BCUT2D eigenvalue weighted by atomic mass is 9.87. The number of hydrogen-bond donors (Lipinski definition) is 1. The first-order valence-corrected chi connectivity index (χ1v) is 9.18. The number of rotatable bonds is 3. The molecule has 7 heteroatoms. The Morgan fingerprint density at radius 1 is 1.24 bits per heavy atom. The molecule has 0 spiro atoms. The average molecular weight is 357 g/mol. The second kappa shape index (κ2) is 6.93. The summed E-state index contributed by atoms with van der Waals surface area (Å²) in [4.78, 5) is 27.4. The van der Waals surface area contributed by atoms with Gasteiger partial charge in [0.15, 0.2) is 0 Å². The van der Waals surface area contributed by atoms with E-state index in [2.05, 4.69) is 9.69 Å². The van der Waals surface area contributed by atoms with Crippen LogP contribution in [0, 0.1) is 0 Å². The lowest BCUT2D eigenvalue weighted by Crippen LogP contribution is -2.46. The maximum absolute atomic E-state index is 12.8. The molecule has 1 unspecified atom stereocenters. The van der Waals surface area contributed by atoms with Crippen molar-refractivity contribution in [2.45, 2.75) is 18.9 Å². The van der Waals surface area contributed by atoms with Gasteiger partial charge in [-0.25, -0.2) is 4.37 Å². The first kappa shape index (κ1) is 16.2. The minimum absolute atomic E-state index is 0.00256. The van der Waals surface area contributed by atoms with Gasteiger partial charge in [0.2, 0.25) is 0 Å². The summed E-state index contributed by atoms with van der Waals surface area (Å²) < 4.78 is 9.52. The lowest BCUT2D eigenvalue weighted by Gasteiger charge is -2.25. The highest BCUT2D eigenvalue weighted by molar-refractivity contribution is 7.08. The summed E-state index contributed by atoms with van der Waals surface area (Å²) >= 11 is 1.15. The molecule has 1 saturated heterocycles. The van der Waals surface area contributed by atoms with Crippen molar-refractivity contribution < 1.29 is 14.3 Å². The number of fused-ring (bicyclic) bond motifs is 1. The average Bonchev–Trinajstić information content (AvgIpc) is 3.03. The van der Waals surface area contributed by atoms with Crippen LogP contribution in [0.1, 0.15) is 31.2 Å². The number of amides is 2. The summed E-state index contributed by atoms with van der Waals surface area (Å²) in [6, 6.07) is 7.40. The zero-order chi connectivity index (χ0) is 17.2. The molecule has 2 aromatic rings. The van der Waals surface area contributed by atoms with Crippen molar-refractivity contribution in [3.8, 4) is 0 Å². The Morgan fingerprint density at radius 2 is 2.12 bits per heavy atom. The van der Waals surface area contributed by atoms with Crippen molar-refractivity contribution in [3.63, 3.8) is 0 Å². The minimum Gasteiger partial charge on any atom is -0.377 e. The lowest BCUT2D eigenvalue weighted by molar-refractivity contribution is 0.0735. The van der Waals surface area contributed by atoms with Crippen molar-refractivity contribution in [1.82, 2.24) is 14.6 Å². The quantitative estimate of drug-likeness (QED) is 0.904. The van der Waals surface area contributed by atoms with Crippen molar-refractivity contribution in [2.24, 2.45) is 0 Å². The van der Waals surface area contributed by atoms with E-state index in [1.807, 2.05) is 18.2 Å². The summed E-state index contributed by atoms with van der Waals surface area (Å²) in [5, 5.41) is 2.94. The van der Waals surface area contributed by atoms with Gasteiger partial charge in [0, 0.05) is 24.8 Å². The number of nitrogens with zero attached hydrogens (tertiary/aromatic N) is 2. The monoisotopic (exact) mass is 357 g/mol. The van der Waals surface area contributed by atoms with E-state index in [0.717, 1.165) is 24.4 Å². The third kappa shape index (κ3) is 3.43. The van der Waals surface area contributed by atoms with Crippen molar-refractivity contribution in [2.75, 3.05) is 26.3 Å². The Labute approximate surface area is 150 Å². The second-order valence-electron chi connectivity index (χ2n) is 6.36. The number of benzene rings is 1. The molecule has 1 fully saturated rings. The molecule has 1 N–H and O–H groups in total. The van der Waals surface area contributed by atoms with E-state index >= 15 is 0 Å². The Morgan fingerprint density at radius 3 is 2.84 bits per heavy atom. The fourth-order valence-corrected chi connectivity index (χ4v) is 3.68. The van der Waals surface area contributed by atoms with Gasteiger partial charge < -0.3 is 15.0 Å². The molecular weight excluding hydrogens is 338 g/mol. The third-order valence-electron chi connectivity index (χ3n) is 4.67. The van der Waals surface area contributed by atoms with Gasteiger partial charge in [-0.15, -0.1) is 0 Å². The molecule has 6 nitrogen and oxygen atoms in total. The van der Waals surface area contributed by atoms with Gasteiger partial charge in [0.1, 0.15) is 4.88 Å². The van der Waals surface area contributed by atoms with Crippen LogP contribution >= 0.6 is 11.5 Å². The van der Waals surface area contributed by atoms with Crippen LogP contribution < -0.4 is 5.32 Å². The number of hydrogen-bond acceptors (Lipinski definition) is 5. The molecule has 4 rings (SSSR count). The van der Waals surface area contributed by atoms with Crippen LogP contribution in [0.15, 0.2) is 30.5 Å². The molecule has 130 valence electrons. The summed E-state index contributed by atoms with van der Waals surface area (Å²) in [7, 11) is 0. The van der Waals surface area contributed by atoms with Crippen molar-refractivity contribution >= 4 is 23.3 Å². The minimum atomic E-state index is -0.229. The fraction of sp³-hybridized carbons (Fsp3) is 0.389. The Balaban J connectivity index is 1.44. The van der Waals surface area contributed by atoms with Crippen LogP contribution in [0.3, 0.4) is 0 Å². The highest BCUT2D eigenvalue weighted by atomic mass is 32.1.